The van der Waals surface area contributed by atoms with E-state index in [0.717, 1.165) is 36.5 Å². The largest absolute Gasteiger partial charge is 0.316 e. The fraction of sp³-hybridized carbons (Fsp3) is 0.412. The van der Waals surface area contributed by atoms with Crippen LogP contribution in [0.15, 0.2) is 11.2 Å². The number of carbonyl (C=O) groups is 1. The van der Waals surface area contributed by atoms with Gasteiger partial charge >= 0.3 is 0 Å². The van der Waals surface area contributed by atoms with Crippen molar-refractivity contribution in [3.05, 3.63) is 33.5 Å². The van der Waals surface area contributed by atoms with Crippen molar-refractivity contribution < 1.29 is 4.79 Å². The normalized spacial score (nSPS) is 14.0. The Morgan fingerprint density at radius 2 is 2.16 bits per heavy atom. The Bertz CT molecular complexity index is 835. The van der Waals surface area contributed by atoms with Gasteiger partial charge in [-0.2, -0.15) is 5.26 Å². The molecule has 0 spiro atoms. The number of fused-ring (bicyclic) bond motifs is 1. The van der Waals surface area contributed by atoms with Crippen molar-refractivity contribution in [2.24, 2.45) is 0 Å². The van der Waals surface area contributed by atoms with Gasteiger partial charge in [0.25, 0.3) is 0 Å². The smallest absolute Gasteiger partial charge is 0.235 e. The molecule has 0 fully saturated rings. The molecule has 2 aromatic heterocycles. The van der Waals surface area contributed by atoms with Crippen LogP contribution in [-0.4, -0.2) is 40.1 Å². The molecule has 0 bridgehead atoms. The first-order valence-electron chi connectivity index (χ1n) is 7.94. The van der Waals surface area contributed by atoms with Crippen molar-refractivity contribution in [1.82, 2.24) is 14.9 Å². The molecule has 0 radical (unpaired) electrons. The van der Waals surface area contributed by atoms with Crippen molar-refractivity contribution in [3.63, 3.8) is 0 Å². The van der Waals surface area contributed by atoms with Crippen LogP contribution in [0.25, 0.3) is 0 Å². The standard InChI is InChI=1S/C17H19N5OS2/c1-10-6-11(2)20-17(19-10)24-9-15(23)21-16-13(7-18)12-4-5-22(3)8-14(12)25-16/h6H,4-5,8-9H2,1-3H3,(H,21,23). The third-order valence-electron chi connectivity index (χ3n) is 3.91. The van der Waals surface area contributed by atoms with Crippen molar-refractivity contribution in [2.75, 3.05) is 24.7 Å². The summed E-state index contributed by atoms with van der Waals surface area (Å²) in [5, 5.41) is 13.6. The number of thioether (sulfide) groups is 1. The first kappa shape index (κ1) is 17.9. The number of aryl methyl sites for hydroxylation is 2. The second-order valence-corrected chi connectivity index (χ2v) is 8.13. The van der Waals surface area contributed by atoms with E-state index in [1.165, 1.54) is 28.0 Å². The first-order chi connectivity index (χ1) is 12.0. The summed E-state index contributed by atoms with van der Waals surface area (Å²) in [6.07, 6.45) is 0.853. The Kier molecular flexibility index (Phi) is 5.37. The molecule has 130 valence electrons. The number of hydrogen-bond acceptors (Lipinski definition) is 7. The van der Waals surface area contributed by atoms with Crippen LogP contribution in [0.2, 0.25) is 0 Å². The zero-order valence-electron chi connectivity index (χ0n) is 14.4. The molecule has 1 N–H and O–H groups in total. The Hall–Kier alpha value is -1.95. The number of carbonyl (C=O) groups excluding carboxylic acids is 1. The number of anilines is 1. The number of thiophene rings is 1. The molecular weight excluding hydrogens is 354 g/mol. The maximum Gasteiger partial charge on any atom is 0.235 e. The van der Waals surface area contributed by atoms with E-state index in [4.69, 9.17) is 0 Å². The summed E-state index contributed by atoms with van der Waals surface area (Å²) >= 11 is 2.81. The number of rotatable bonds is 4. The summed E-state index contributed by atoms with van der Waals surface area (Å²) in [4.78, 5) is 24.3. The zero-order valence-corrected chi connectivity index (χ0v) is 16.1. The maximum absolute atomic E-state index is 12.3. The lowest BCUT2D eigenvalue weighted by molar-refractivity contribution is -0.113. The molecular formula is C17H19N5OS2. The topological polar surface area (TPSA) is 81.9 Å². The van der Waals surface area contributed by atoms with Gasteiger partial charge in [0.2, 0.25) is 5.91 Å². The lowest BCUT2D eigenvalue weighted by Gasteiger charge is -2.21. The first-order valence-corrected chi connectivity index (χ1v) is 9.74. The minimum Gasteiger partial charge on any atom is -0.316 e. The fourth-order valence-corrected chi connectivity index (χ4v) is 4.83. The van der Waals surface area contributed by atoms with E-state index in [0.29, 0.717) is 15.7 Å². The van der Waals surface area contributed by atoms with Gasteiger partial charge in [-0.05, 0) is 38.9 Å². The summed E-state index contributed by atoms with van der Waals surface area (Å²) < 4.78 is 0. The Morgan fingerprint density at radius 1 is 1.44 bits per heavy atom. The van der Waals surface area contributed by atoms with Crippen molar-refractivity contribution in [1.29, 1.82) is 5.26 Å². The second kappa shape index (κ2) is 7.52. The molecule has 0 unspecified atom stereocenters. The highest BCUT2D eigenvalue weighted by molar-refractivity contribution is 7.99. The predicted molar refractivity (Wildman–Crippen MR) is 99.9 cm³/mol. The molecule has 6 nitrogen and oxygen atoms in total. The molecule has 8 heteroatoms. The number of likely N-dealkylation sites (N-methyl/N-ethyl adjacent to an activating group) is 1. The average molecular weight is 374 g/mol. The Labute approximate surface area is 155 Å². The fourth-order valence-electron chi connectivity index (χ4n) is 2.79. The van der Waals surface area contributed by atoms with Crippen LogP contribution in [0, 0.1) is 25.2 Å². The maximum atomic E-state index is 12.3. The third kappa shape index (κ3) is 4.18. The van der Waals surface area contributed by atoms with E-state index >= 15 is 0 Å². The Morgan fingerprint density at radius 3 is 2.84 bits per heavy atom. The third-order valence-corrected chi connectivity index (χ3v) is 5.89. The van der Waals surface area contributed by atoms with Crippen LogP contribution < -0.4 is 5.32 Å². The molecule has 3 heterocycles. The molecule has 1 amide bonds. The van der Waals surface area contributed by atoms with Gasteiger partial charge in [0, 0.05) is 29.4 Å². The van der Waals surface area contributed by atoms with Gasteiger partial charge in [0.1, 0.15) is 11.1 Å². The van der Waals surface area contributed by atoms with E-state index in [9.17, 15) is 10.1 Å². The molecule has 0 aliphatic carbocycles. The summed E-state index contributed by atoms with van der Waals surface area (Å²) in [5.41, 5.74) is 3.48. The number of aromatic nitrogens is 2. The minimum atomic E-state index is -0.142. The lowest BCUT2D eigenvalue weighted by atomic mass is 10.0. The van der Waals surface area contributed by atoms with Gasteiger partial charge < -0.3 is 10.2 Å². The number of amides is 1. The SMILES string of the molecule is Cc1cc(C)nc(SCC(=O)Nc2sc3c(c2C#N)CCN(C)C3)n1. The summed E-state index contributed by atoms with van der Waals surface area (Å²) in [6, 6.07) is 4.16. The van der Waals surface area contributed by atoms with Gasteiger partial charge in [-0.1, -0.05) is 11.8 Å². The Balaban J connectivity index is 1.68. The minimum absolute atomic E-state index is 0.142. The average Bonchev–Trinajstić information content (AvgIpc) is 2.88. The van der Waals surface area contributed by atoms with E-state index in [2.05, 4.69) is 33.3 Å². The lowest BCUT2D eigenvalue weighted by Crippen LogP contribution is -2.25. The van der Waals surface area contributed by atoms with Crippen LogP contribution >= 0.6 is 23.1 Å². The highest BCUT2D eigenvalue weighted by Gasteiger charge is 2.23. The zero-order chi connectivity index (χ0) is 18.0. The molecule has 0 aromatic carbocycles. The van der Waals surface area contributed by atoms with Crippen molar-refractivity contribution in [2.45, 2.75) is 32.0 Å². The molecule has 0 saturated heterocycles. The summed E-state index contributed by atoms with van der Waals surface area (Å²) in [7, 11) is 2.06. The molecule has 0 saturated carbocycles. The predicted octanol–water partition coefficient (Wildman–Crippen LogP) is 2.75. The van der Waals surface area contributed by atoms with Crippen LogP contribution in [0.3, 0.4) is 0 Å². The monoisotopic (exact) mass is 373 g/mol. The van der Waals surface area contributed by atoms with Crippen molar-refractivity contribution in [3.8, 4) is 6.07 Å². The second-order valence-electron chi connectivity index (χ2n) is 6.08. The molecule has 25 heavy (non-hydrogen) atoms. The van der Waals surface area contributed by atoms with E-state index < -0.39 is 0 Å². The number of hydrogen-bond donors (Lipinski definition) is 1. The number of nitriles is 1. The summed E-state index contributed by atoms with van der Waals surface area (Å²) in [6.45, 7) is 5.58. The quantitative estimate of drug-likeness (QED) is 0.655. The molecule has 1 aliphatic rings. The van der Waals surface area contributed by atoms with Crippen LogP contribution in [0.4, 0.5) is 5.00 Å². The highest BCUT2D eigenvalue weighted by atomic mass is 32.2. The van der Waals surface area contributed by atoms with Gasteiger partial charge in [0.15, 0.2) is 5.16 Å². The van der Waals surface area contributed by atoms with E-state index in [1.54, 1.807) is 0 Å². The highest BCUT2D eigenvalue weighted by Crippen LogP contribution is 2.36. The van der Waals surface area contributed by atoms with Crippen LogP contribution in [0.5, 0.6) is 0 Å². The summed E-state index contributed by atoms with van der Waals surface area (Å²) in [5.74, 6) is 0.0761. The van der Waals surface area contributed by atoms with Gasteiger partial charge in [0.05, 0.1) is 11.3 Å². The van der Waals surface area contributed by atoms with E-state index in [1.807, 2.05) is 19.9 Å². The van der Waals surface area contributed by atoms with Crippen LogP contribution in [-0.2, 0) is 17.8 Å². The van der Waals surface area contributed by atoms with Gasteiger partial charge in [-0.25, -0.2) is 9.97 Å². The number of nitrogens with zero attached hydrogens (tertiary/aromatic N) is 4. The molecule has 0 atom stereocenters. The molecule has 3 rings (SSSR count). The number of nitrogens with one attached hydrogen (secondary N) is 1. The molecule has 2 aromatic rings. The van der Waals surface area contributed by atoms with Crippen LogP contribution in [0.1, 0.15) is 27.4 Å². The van der Waals surface area contributed by atoms with Gasteiger partial charge in [-0.3, -0.25) is 4.79 Å². The van der Waals surface area contributed by atoms with E-state index in [-0.39, 0.29) is 11.7 Å². The van der Waals surface area contributed by atoms with Crippen molar-refractivity contribution >= 4 is 34.0 Å². The molecule has 1 aliphatic heterocycles. The van der Waals surface area contributed by atoms with Gasteiger partial charge in [-0.15, -0.1) is 11.3 Å².